The summed E-state index contributed by atoms with van der Waals surface area (Å²) in [6.45, 7) is 8.00. The van der Waals surface area contributed by atoms with E-state index in [0.29, 0.717) is 12.5 Å². The van der Waals surface area contributed by atoms with Crippen molar-refractivity contribution in [1.29, 1.82) is 0 Å². The summed E-state index contributed by atoms with van der Waals surface area (Å²) >= 11 is 0. The molecule has 2 heterocycles. The Kier molecular flexibility index (Phi) is 4.15. The van der Waals surface area contributed by atoms with Crippen LogP contribution in [-0.2, 0) is 13.1 Å². The van der Waals surface area contributed by atoms with E-state index in [4.69, 9.17) is 4.42 Å². The molecule has 0 aromatic carbocycles. The standard InChI is InChI=1S/C13H20N4O/c1-10(2)8-17-13(15-9-16-17)7-14-11(3)12-5-4-6-18-12/h4-6,9-11,14H,7-8H2,1-3H3/t11-/m1/s1. The number of nitrogens with one attached hydrogen (secondary N) is 1. The number of rotatable bonds is 6. The fraction of sp³-hybridized carbons (Fsp3) is 0.538. The van der Waals surface area contributed by atoms with Crippen LogP contribution in [0.3, 0.4) is 0 Å². The molecule has 0 aliphatic heterocycles. The van der Waals surface area contributed by atoms with Crippen LogP contribution in [0.4, 0.5) is 0 Å². The summed E-state index contributed by atoms with van der Waals surface area (Å²) in [6, 6.07) is 4.04. The van der Waals surface area contributed by atoms with Crippen LogP contribution in [0.25, 0.3) is 0 Å². The minimum absolute atomic E-state index is 0.171. The molecule has 0 amide bonds. The van der Waals surface area contributed by atoms with E-state index < -0.39 is 0 Å². The third-order valence-electron chi connectivity index (χ3n) is 2.77. The van der Waals surface area contributed by atoms with Gasteiger partial charge in [0.15, 0.2) is 0 Å². The van der Waals surface area contributed by atoms with E-state index in [9.17, 15) is 0 Å². The van der Waals surface area contributed by atoms with E-state index in [2.05, 4.69) is 36.2 Å². The van der Waals surface area contributed by atoms with Crippen molar-refractivity contribution in [2.45, 2.75) is 39.9 Å². The Morgan fingerprint density at radius 2 is 2.22 bits per heavy atom. The Balaban J connectivity index is 1.92. The van der Waals surface area contributed by atoms with Gasteiger partial charge in [0, 0.05) is 6.54 Å². The molecule has 2 rings (SSSR count). The molecule has 0 radical (unpaired) electrons. The van der Waals surface area contributed by atoms with Crippen molar-refractivity contribution in [1.82, 2.24) is 20.1 Å². The fourth-order valence-corrected chi connectivity index (χ4v) is 1.81. The highest BCUT2D eigenvalue weighted by molar-refractivity contribution is 5.03. The summed E-state index contributed by atoms with van der Waals surface area (Å²) < 4.78 is 7.31. The summed E-state index contributed by atoms with van der Waals surface area (Å²) in [5.41, 5.74) is 0. The smallest absolute Gasteiger partial charge is 0.140 e. The lowest BCUT2D eigenvalue weighted by atomic mass is 10.2. The minimum atomic E-state index is 0.171. The van der Waals surface area contributed by atoms with Gasteiger partial charge in [-0.15, -0.1) is 0 Å². The highest BCUT2D eigenvalue weighted by Gasteiger charge is 2.10. The molecule has 18 heavy (non-hydrogen) atoms. The molecule has 0 unspecified atom stereocenters. The van der Waals surface area contributed by atoms with Crippen molar-refractivity contribution in [2.24, 2.45) is 5.92 Å². The fourth-order valence-electron chi connectivity index (χ4n) is 1.81. The Morgan fingerprint density at radius 3 is 2.89 bits per heavy atom. The Bertz CT molecular complexity index is 461. The number of furan rings is 1. The molecule has 0 aliphatic rings. The summed E-state index contributed by atoms with van der Waals surface area (Å²) in [6.07, 6.45) is 3.30. The number of hydrogen-bond donors (Lipinski definition) is 1. The maximum atomic E-state index is 5.35. The number of hydrogen-bond acceptors (Lipinski definition) is 4. The summed E-state index contributed by atoms with van der Waals surface area (Å²) in [7, 11) is 0. The normalized spacial score (nSPS) is 13.1. The van der Waals surface area contributed by atoms with Crippen molar-refractivity contribution in [3.8, 4) is 0 Å². The van der Waals surface area contributed by atoms with Gasteiger partial charge in [-0.3, -0.25) is 0 Å². The van der Waals surface area contributed by atoms with Gasteiger partial charge in [-0.05, 0) is 25.0 Å². The Labute approximate surface area is 107 Å². The average Bonchev–Trinajstić information content (AvgIpc) is 2.95. The summed E-state index contributed by atoms with van der Waals surface area (Å²) in [5, 5.41) is 7.62. The molecule has 98 valence electrons. The van der Waals surface area contributed by atoms with Crippen molar-refractivity contribution < 1.29 is 4.42 Å². The molecule has 5 nitrogen and oxygen atoms in total. The van der Waals surface area contributed by atoms with Crippen LogP contribution in [0, 0.1) is 5.92 Å². The van der Waals surface area contributed by atoms with E-state index in [-0.39, 0.29) is 6.04 Å². The number of nitrogens with zero attached hydrogens (tertiary/aromatic N) is 3. The first-order chi connectivity index (χ1) is 8.66. The lowest BCUT2D eigenvalue weighted by Gasteiger charge is -2.12. The summed E-state index contributed by atoms with van der Waals surface area (Å²) in [4.78, 5) is 4.28. The molecule has 0 aliphatic carbocycles. The second kappa shape index (κ2) is 5.82. The molecule has 0 saturated carbocycles. The van der Waals surface area contributed by atoms with Gasteiger partial charge in [-0.1, -0.05) is 13.8 Å². The van der Waals surface area contributed by atoms with E-state index in [1.165, 1.54) is 0 Å². The van der Waals surface area contributed by atoms with Gasteiger partial charge in [0.2, 0.25) is 0 Å². The van der Waals surface area contributed by atoms with Crippen molar-refractivity contribution in [2.75, 3.05) is 0 Å². The van der Waals surface area contributed by atoms with Crippen LogP contribution >= 0.6 is 0 Å². The van der Waals surface area contributed by atoms with Crippen molar-refractivity contribution >= 4 is 0 Å². The highest BCUT2D eigenvalue weighted by atomic mass is 16.3. The zero-order valence-electron chi connectivity index (χ0n) is 11.1. The summed E-state index contributed by atoms with van der Waals surface area (Å²) in [5.74, 6) is 2.46. The first-order valence-electron chi connectivity index (χ1n) is 6.30. The average molecular weight is 248 g/mol. The third-order valence-corrected chi connectivity index (χ3v) is 2.77. The monoisotopic (exact) mass is 248 g/mol. The van der Waals surface area contributed by atoms with E-state index in [0.717, 1.165) is 18.1 Å². The third kappa shape index (κ3) is 3.20. The van der Waals surface area contributed by atoms with Crippen LogP contribution in [0.2, 0.25) is 0 Å². The zero-order valence-corrected chi connectivity index (χ0v) is 11.1. The van der Waals surface area contributed by atoms with E-state index >= 15 is 0 Å². The van der Waals surface area contributed by atoms with Crippen LogP contribution in [-0.4, -0.2) is 14.8 Å². The zero-order chi connectivity index (χ0) is 13.0. The first kappa shape index (κ1) is 12.8. The predicted octanol–water partition coefficient (Wildman–Crippen LogP) is 2.38. The topological polar surface area (TPSA) is 55.9 Å². The van der Waals surface area contributed by atoms with Gasteiger partial charge >= 0.3 is 0 Å². The molecule has 0 saturated heterocycles. The van der Waals surface area contributed by atoms with Crippen LogP contribution < -0.4 is 5.32 Å². The molecule has 0 spiro atoms. The maximum Gasteiger partial charge on any atom is 0.140 e. The van der Waals surface area contributed by atoms with Gasteiger partial charge in [-0.25, -0.2) is 9.67 Å². The molecular weight excluding hydrogens is 228 g/mol. The molecule has 0 fully saturated rings. The second-order valence-electron chi connectivity index (χ2n) is 4.87. The molecule has 2 aromatic heterocycles. The molecule has 5 heteroatoms. The van der Waals surface area contributed by atoms with Gasteiger partial charge in [0.1, 0.15) is 17.9 Å². The van der Waals surface area contributed by atoms with Crippen LogP contribution in [0.15, 0.2) is 29.1 Å². The van der Waals surface area contributed by atoms with Gasteiger partial charge in [0.05, 0.1) is 18.8 Å². The van der Waals surface area contributed by atoms with Crippen molar-refractivity contribution in [3.05, 3.63) is 36.3 Å². The van der Waals surface area contributed by atoms with Gasteiger partial charge < -0.3 is 9.73 Å². The Hall–Kier alpha value is -1.62. The molecular formula is C13H20N4O. The van der Waals surface area contributed by atoms with Gasteiger partial charge in [0.25, 0.3) is 0 Å². The second-order valence-corrected chi connectivity index (χ2v) is 4.87. The first-order valence-corrected chi connectivity index (χ1v) is 6.30. The maximum absolute atomic E-state index is 5.35. The lowest BCUT2D eigenvalue weighted by Crippen LogP contribution is -2.21. The predicted molar refractivity (Wildman–Crippen MR) is 68.8 cm³/mol. The lowest BCUT2D eigenvalue weighted by molar-refractivity contribution is 0.411. The van der Waals surface area contributed by atoms with E-state index in [1.54, 1.807) is 12.6 Å². The van der Waals surface area contributed by atoms with Gasteiger partial charge in [-0.2, -0.15) is 5.10 Å². The molecule has 2 aromatic rings. The minimum Gasteiger partial charge on any atom is -0.468 e. The Morgan fingerprint density at radius 1 is 1.39 bits per heavy atom. The van der Waals surface area contributed by atoms with Crippen LogP contribution in [0.5, 0.6) is 0 Å². The largest absolute Gasteiger partial charge is 0.468 e. The molecule has 0 bridgehead atoms. The van der Waals surface area contributed by atoms with Crippen molar-refractivity contribution in [3.63, 3.8) is 0 Å². The molecule has 1 N–H and O–H groups in total. The van der Waals surface area contributed by atoms with E-state index in [1.807, 2.05) is 16.8 Å². The van der Waals surface area contributed by atoms with Crippen LogP contribution in [0.1, 0.15) is 38.4 Å². The quantitative estimate of drug-likeness (QED) is 0.852. The highest BCUT2D eigenvalue weighted by Crippen LogP contribution is 2.12. The SMILES string of the molecule is CC(C)Cn1ncnc1CN[C@H](C)c1ccco1. The molecule has 1 atom stereocenters. The number of aromatic nitrogens is 3.